The highest BCUT2D eigenvalue weighted by molar-refractivity contribution is 5.95. The van der Waals surface area contributed by atoms with Crippen LogP contribution in [0.25, 0.3) is 0 Å². The number of hydrogen-bond donors (Lipinski definition) is 1. The topological polar surface area (TPSA) is 65.8 Å². The van der Waals surface area contributed by atoms with E-state index in [1.54, 1.807) is 18.2 Å². The molecule has 2 rings (SSSR count). The summed E-state index contributed by atoms with van der Waals surface area (Å²) < 4.78 is 0. The molecule has 1 aromatic heterocycles. The van der Waals surface area contributed by atoms with Gasteiger partial charge in [0.05, 0.1) is 22.9 Å². The number of rotatable bonds is 3. The molecule has 1 N–H and O–H groups in total. The highest BCUT2D eigenvalue weighted by Crippen LogP contribution is 2.07. The number of nitriles is 1. The van der Waals surface area contributed by atoms with Gasteiger partial charge in [-0.3, -0.25) is 9.78 Å². The lowest BCUT2D eigenvalue weighted by molar-refractivity contribution is 0.0950. The molecule has 0 saturated carbocycles. The third-order valence-electron chi connectivity index (χ3n) is 3.01. The zero-order valence-electron chi connectivity index (χ0n) is 11.5. The molecule has 0 aliphatic heterocycles. The van der Waals surface area contributed by atoms with Crippen LogP contribution in [0.5, 0.6) is 0 Å². The van der Waals surface area contributed by atoms with Crippen LogP contribution in [-0.2, 0) is 6.54 Å². The van der Waals surface area contributed by atoms with Crippen molar-refractivity contribution in [1.82, 2.24) is 10.3 Å². The number of amides is 1. The van der Waals surface area contributed by atoms with Gasteiger partial charge in [-0.1, -0.05) is 12.1 Å². The van der Waals surface area contributed by atoms with Gasteiger partial charge in [0.15, 0.2) is 0 Å². The fourth-order valence-corrected chi connectivity index (χ4v) is 1.90. The maximum absolute atomic E-state index is 12.1. The van der Waals surface area contributed by atoms with Gasteiger partial charge in [-0.2, -0.15) is 5.26 Å². The van der Waals surface area contributed by atoms with Gasteiger partial charge in [-0.15, -0.1) is 0 Å². The lowest BCUT2D eigenvalue weighted by Gasteiger charge is -2.08. The van der Waals surface area contributed by atoms with Crippen LogP contribution in [0.4, 0.5) is 0 Å². The zero-order valence-corrected chi connectivity index (χ0v) is 11.5. The second-order valence-corrected chi connectivity index (χ2v) is 4.58. The normalized spacial score (nSPS) is 9.85. The van der Waals surface area contributed by atoms with E-state index in [0.29, 0.717) is 17.7 Å². The van der Waals surface area contributed by atoms with Crippen molar-refractivity contribution in [3.63, 3.8) is 0 Å². The van der Waals surface area contributed by atoms with Gasteiger partial charge in [0, 0.05) is 12.2 Å². The highest BCUT2D eigenvalue weighted by atomic mass is 16.1. The van der Waals surface area contributed by atoms with Crippen LogP contribution in [0.15, 0.2) is 36.4 Å². The van der Waals surface area contributed by atoms with E-state index in [1.165, 1.54) is 0 Å². The van der Waals surface area contributed by atoms with Crippen LogP contribution in [0.1, 0.15) is 32.9 Å². The van der Waals surface area contributed by atoms with Crippen LogP contribution >= 0.6 is 0 Å². The maximum atomic E-state index is 12.1. The van der Waals surface area contributed by atoms with Gasteiger partial charge in [0.2, 0.25) is 0 Å². The van der Waals surface area contributed by atoms with Crippen LogP contribution in [0.3, 0.4) is 0 Å². The molecule has 0 spiro atoms. The Morgan fingerprint density at radius 3 is 2.50 bits per heavy atom. The third kappa shape index (κ3) is 3.21. The number of carbonyl (C=O) groups is 1. The van der Waals surface area contributed by atoms with E-state index in [1.807, 2.05) is 32.0 Å². The van der Waals surface area contributed by atoms with Gasteiger partial charge < -0.3 is 5.32 Å². The summed E-state index contributed by atoms with van der Waals surface area (Å²) in [4.78, 5) is 16.3. The number of hydrogen-bond acceptors (Lipinski definition) is 3. The fourth-order valence-electron chi connectivity index (χ4n) is 1.90. The molecule has 0 bridgehead atoms. The highest BCUT2D eigenvalue weighted by Gasteiger charge is 2.09. The molecule has 0 saturated heterocycles. The minimum Gasteiger partial charge on any atom is -0.348 e. The average molecular weight is 265 g/mol. The fraction of sp³-hybridized carbons (Fsp3) is 0.188. The van der Waals surface area contributed by atoms with Crippen LogP contribution in [0.2, 0.25) is 0 Å². The van der Waals surface area contributed by atoms with E-state index in [2.05, 4.69) is 16.4 Å². The minimum absolute atomic E-state index is 0.139. The quantitative estimate of drug-likeness (QED) is 0.927. The average Bonchev–Trinajstić information content (AvgIpc) is 2.45. The van der Waals surface area contributed by atoms with E-state index in [-0.39, 0.29) is 5.91 Å². The van der Waals surface area contributed by atoms with Crippen molar-refractivity contribution in [1.29, 1.82) is 5.26 Å². The summed E-state index contributed by atoms with van der Waals surface area (Å²) in [5.74, 6) is -0.139. The molecule has 0 radical (unpaired) electrons. The lowest BCUT2D eigenvalue weighted by atomic mass is 10.1. The minimum atomic E-state index is -0.139. The molecule has 1 aromatic carbocycles. The molecule has 1 heterocycles. The molecule has 20 heavy (non-hydrogen) atoms. The Labute approximate surface area is 118 Å². The zero-order chi connectivity index (χ0) is 14.5. The van der Waals surface area contributed by atoms with Gasteiger partial charge in [-0.05, 0) is 43.7 Å². The van der Waals surface area contributed by atoms with Gasteiger partial charge in [0.1, 0.15) is 0 Å². The molecule has 0 unspecified atom stereocenters. The Morgan fingerprint density at radius 1 is 1.20 bits per heavy atom. The molecule has 0 aliphatic rings. The first-order chi connectivity index (χ1) is 9.60. The van der Waals surface area contributed by atoms with E-state index in [4.69, 9.17) is 5.26 Å². The van der Waals surface area contributed by atoms with E-state index in [0.717, 1.165) is 17.0 Å². The number of nitrogens with one attached hydrogen (secondary N) is 1. The predicted molar refractivity (Wildman–Crippen MR) is 76.0 cm³/mol. The largest absolute Gasteiger partial charge is 0.348 e. The van der Waals surface area contributed by atoms with Crippen molar-refractivity contribution in [2.75, 3.05) is 0 Å². The molecular weight excluding hydrogens is 250 g/mol. The van der Waals surface area contributed by atoms with E-state index in [9.17, 15) is 4.79 Å². The number of aromatic nitrogens is 1. The van der Waals surface area contributed by atoms with Crippen LogP contribution in [-0.4, -0.2) is 10.9 Å². The van der Waals surface area contributed by atoms with E-state index >= 15 is 0 Å². The second-order valence-electron chi connectivity index (χ2n) is 4.58. The number of carbonyl (C=O) groups excluding carboxylic acids is 1. The van der Waals surface area contributed by atoms with Crippen LogP contribution in [0, 0.1) is 25.2 Å². The number of pyridine rings is 1. The summed E-state index contributed by atoms with van der Waals surface area (Å²) in [6, 6.07) is 12.8. The Balaban J connectivity index is 2.03. The number of nitrogens with zero attached hydrogens (tertiary/aromatic N) is 2. The van der Waals surface area contributed by atoms with Crippen molar-refractivity contribution in [2.45, 2.75) is 20.4 Å². The smallest absolute Gasteiger partial charge is 0.253 e. The van der Waals surface area contributed by atoms with E-state index < -0.39 is 0 Å². The SMILES string of the molecule is Cc1ccc(C(=O)NCc2ccc(C#N)cc2)c(C)n1. The summed E-state index contributed by atoms with van der Waals surface area (Å²) in [6.07, 6.45) is 0. The number of benzene rings is 1. The molecule has 4 heteroatoms. The summed E-state index contributed by atoms with van der Waals surface area (Å²) in [7, 11) is 0. The van der Waals surface area contributed by atoms with Crippen molar-refractivity contribution >= 4 is 5.91 Å². The maximum Gasteiger partial charge on any atom is 0.253 e. The van der Waals surface area contributed by atoms with Crippen LogP contribution < -0.4 is 5.32 Å². The lowest BCUT2D eigenvalue weighted by Crippen LogP contribution is -2.24. The first-order valence-electron chi connectivity index (χ1n) is 6.31. The first kappa shape index (κ1) is 13.8. The monoisotopic (exact) mass is 265 g/mol. The number of aryl methyl sites for hydroxylation is 2. The Morgan fingerprint density at radius 2 is 1.90 bits per heavy atom. The van der Waals surface area contributed by atoms with Crippen molar-refractivity contribution < 1.29 is 4.79 Å². The van der Waals surface area contributed by atoms with Crippen molar-refractivity contribution in [3.8, 4) is 6.07 Å². The molecule has 2 aromatic rings. The molecule has 0 fully saturated rings. The molecule has 0 atom stereocenters. The third-order valence-corrected chi connectivity index (χ3v) is 3.01. The summed E-state index contributed by atoms with van der Waals surface area (Å²) in [6.45, 7) is 4.15. The molecule has 1 amide bonds. The molecule has 100 valence electrons. The van der Waals surface area contributed by atoms with Crippen molar-refractivity contribution in [3.05, 3.63) is 64.5 Å². The Kier molecular flexibility index (Phi) is 4.11. The molecule has 0 aliphatic carbocycles. The molecular formula is C16H15N3O. The first-order valence-corrected chi connectivity index (χ1v) is 6.31. The summed E-state index contributed by atoms with van der Waals surface area (Å²) >= 11 is 0. The van der Waals surface area contributed by atoms with Crippen molar-refractivity contribution in [2.24, 2.45) is 0 Å². The van der Waals surface area contributed by atoms with Gasteiger partial charge >= 0.3 is 0 Å². The van der Waals surface area contributed by atoms with Gasteiger partial charge in [0.25, 0.3) is 5.91 Å². The predicted octanol–water partition coefficient (Wildman–Crippen LogP) is 2.50. The summed E-state index contributed by atoms with van der Waals surface area (Å²) in [5.41, 5.74) is 3.77. The second kappa shape index (κ2) is 5.98. The summed E-state index contributed by atoms with van der Waals surface area (Å²) in [5, 5.41) is 11.6. The molecule has 4 nitrogen and oxygen atoms in total. The Bertz CT molecular complexity index is 669. The van der Waals surface area contributed by atoms with Gasteiger partial charge in [-0.25, -0.2) is 0 Å². The Hall–Kier alpha value is -2.67. The standard InChI is InChI=1S/C16H15N3O/c1-11-3-8-15(12(2)19-11)16(20)18-10-14-6-4-13(9-17)5-7-14/h3-8H,10H2,1-2H3,(H,18,20).